The molecule has 2 aromatic carbocycles. The lowest BCUT2D eigenvalue weighted by Gasteiger charge is -2.36. The molecule has 0 bridgehead atoms. The van der Waals surface area contributed by atoms with Crippen LogP contribution < -0.4 is 0 Å². The summed E-state index contributed by atoms with van der Waals surface area (Å²) in [5.41, 5.74) is 3.89. The predicted octanol–water partition coefficient (Wildman–Crippen LogP) is 4.31. The van der Waals surface area contributed by atoms with Crippen LogP contribution in [0.5, 0.6) is 0 Å². The van der Waals surface area contributed by atoms with Crippen LogP contribution in [0.15, 0.2) is 54.7 Å². The molecular formula is C23H23NO4. The Morgan fingerprint density at radius 3 is 2.29 bits per heavy atom. The van der Waals surface area contributed by atoms with Gasteiger partial charge in [-0.25, -0.2) is 0 Å². The average Bonchev–Trinajstić information content (AvgIpc) is 3.08. The van der Waals surface area contributed by atoms with Crippen LogP contribution in [-0.4, -0.2) is 22.7 Å². The molecule has 1 atom stereocenters. The number of cyclic esters (lactones) is 2. The lowest BCUT2D eigenvalue weighted by atomic mass is 9.79. The molecule has 0 spiro atoms. The molecule has 5 heteroatoms. The van der Waals surface area contributed by atoms with Gasteiger partial charge in [0.25, 0.3) is 5.79 Å². The van der Waals surface area contributed by atoms with E-state index >= 15 is 0 Å². The van der Waals surface area contributed by atoms with Crippen molar-refractivity contribution in [3.63, 3.8) is 0 Å². The molecule has 0 unspecified atom stereocenters. The minimum atomic E-state index is -1.25. The fourth-order valence-electron chi connectivity index (χ4n) is 3.86. The number of nitrogens with one attached hydrogen (secondary N) is 1. The van der Waals surface area contributed by atoms with E-state index in [-0.39, 0.29) is 0 Å². The molecule has 4 rings (SSSR count). The zero-order valence-electron chi connectivity index (χ0n) is 16.2. The fourth-order valence-corrected chi connectivity index (χ4v) is 3.86. The highest BCUT2D eigenvalue weighted by Gasteiger charge is 2.48. The van der Waals surface area contributed by atoms with Gasteiger partial charge < -0.3 is 14.5 Å². The van der Waals surface area contributed by atoms with Gasteiger partial charge in [0.15, 0.2) is 5.92 Å². The van der Waals surface area contributed by atoms with E-state index in [0.29, 0.717) is 0 Å². The van der Waals surface area contributed by atoms with Crippen LogP contribution in [-0.2, 0) is 25.5 Å². The first-order valence-electron chi connectivity index (χ1n) is 9.50. The van der Waals surface area contributed by atoms with Crippen molar-refractivity contribution < 1.29 is 19.1 Å². The molecule has 1 aromatic heterocycles. The Balaban J connectivity index is 1.86. The predicted molar refractivity (Wildman–Crippen MR) is 106 cm³/mol. The van der Waals surface area contributed by atoms with Crippen LogP contribution in [0.4, 0.5) is 0 Å². The van der Waals surface area contributed by atoms with Crippen molar-refractivity contribution in [2.24, 2.45) is 5.92 Å². The van der Waals surface area contributed by atoms with Crippen LogP contribution in [0, 0.1) is 5.92 Å². The van der Waals surface area contributed by atoms with Gasteiger partial charge in [-0.2, -0.15) is 0 Å². The highest BCUT2D eigenvalue weighted by Crippen LogP contribution is 2.40. The zero-order chi connectivity index (χ0) is 19.9. The number of carbonyl (C=O) groups excluding carboxylic acids is 2. The largest absolute Gasteiger partial charge is 0.422 e. The summed E-state index contributed by atoms with van der Waals surface area (Å²) in [4.78, 5) is 29.0. The molecule has 0 saturated carbocycles. The molecular weight excluding hydrogens is 354 g/mol. The van der Waals surface area contributed by atoms with E-state index in [9.17, 15) is 9.59 Å². The second-order valence-electron chi connectivity index (χ2n) is 7.58. The second kappa shape index (κ2) is 6.82. The number of hydrogen-bond acceptors (Lipinski definition) is 4. The maximum Gasteiger partial charge on any atom is 0.324 e. The Labute approximate surface area is 163 Å². The van der Waals surface area contributed by atoms with E-state index in [1.807, 2.05) is 54.7 Å². The molecule has 0 aliphatic carbocycles. The SMILES string of the molecule is CCc1ccc([C@H](c2c[nH]c3ccccc23)C2C(=O)OC(C)(C)OC2=O)cc1. The number of esters is 2. The highest BCUT2D eigenvalue weighted by atomic mass is 16.7. The van der Waals surface area contributed by atoms with Gasteiger partial charge in [-0.05, 0) is 29.2 Å². The van der Waals surface area contributed by atoms with Crippen molar-refractivity contribution in [2.75, 3.05) is 0 Å². The standard InChI is InChI=1S/C23H23NO4/c1-4-14-9-11-15(12-10-14)19(17-13-24-18-8-6-5-7-16(17)18)20-21(25)27-23(2,3)28-22(20)26/h5-13,19-20,24H,4H2,1-3H3/t19-/m1/s1. The first-order chi connectivity index (χ1) is 13.4. The molecule has 1 N–H and O–H groups in total. The van der Waals surface area contributed by atoms with E-state index in [4.69, 9.17) is 9.47 Å². The van der Waals surface area contributed by atoms with Gasteiger partial charge in [0.1, 0.15) is 0 Å². The van der Waals surface area contributed by atoms with Crippen molar-refractivity contribution in [1.29, 1.82) is 0 Å². The summed E-state index contributed by atoms with van der Waals surface area (Å²) >= 11 is 0. The molecule has 0 radical (unpaired) electrons. The number of aryl methyl sites for hydroxylation is 1. The van der Waals surface area contributed by atoms with Crippen LogP contribution in [0.25, 0.3) is 10.9 Å². The third-order valence-electron chi connectivity index (χ3n) is 5.24. The Morgan fingerprint density at radius 2 is 1.64 bits per heavy atom. The molecule has 144 valence electrons. The van der Waals surface area contributed by atoms with Crippen LogP contribution in [0.2, 0.25) is 0 Å². The van der Waals surface area contributed by atoms with Crippen molar-refractivity contribution >= 4 is 22.8 Å². The molecule has 1 saturated heterocycles. The van der Waals surface area contributed by atoms with Gasteiger partial charge in [0.05, 0.1) is 0 Å². The number of rotatable bonds is 4. The smallest absolute Gasteiger partial charge is 0.324 e. The van der Waals surface area contributed by atoms with E-state index in [2.05, 4.69) is 11.9 Å². The quantitative estimate of drug-likeness (QED) is 0.543. The summed E-state index contributed by atoms with van der Waals surface area (Å²) in [5, 5.41) is 0.970. The molecule has 2 heterocycles. The summed E-state index contributed by atoms with van der Waals surface area (Å²) in [6.07, 6.45) is 2.78. The van der Waals surface area contributed by atoms with Crippen LogP contribution >= 0.6 is 0 Å². The van der Waals surface area contributed by atoms with E-state index in [1.165, 1.54) is 5.56 Å². The van der Waals surface area contributed by atoms with Gasteiger partial charge in [0.2, 0.25) is 0 Å². The number of H-pyrrole nitrogens is 1. The molecule has 3 aromatic rings. The number of aromatic amines is 1. The molecule has 0 amide bonds. The summed E-state index contributed by atoms with van der Waals surface area (Å²) in [7, 11) is 0. The molecule has 1 aliphatic rings. The van der Waals surface area contributed by atoms with Crippen LogP contribution in [0.1, 0.15) is 43.4 Å². The average molecular weight is 377 g/mol. The minimum Gasteiger partial charge on any atom is -0.422 e. The fraction of sp³-hybridized carbons (Fsp3) is 0.304. The third-order valence-corrected chi connectivity index (χ3v) is 5.24. The Bertz CT molecular complexity index is 1010. The number of benzene rings is 2. The Kier molecular flexibility index (Phi) is 4.46. The third kappa shape index (κ3) is 3.17. The summed E-state index contributed by atoms with van der Waals surface area (Å²) in [6, 6.07) is 15.9. The van der Waals surface area contributed by atoms with Gasteiger partial charge in [-0.3, -0.25) is 9.59 Å². The van der Waals surface area contributed by atoms with Gasteiger partial charge in [-0.1, -0.05) is 49.4 Å². The second-order valence-corrected chi connectivity index (χ2v) is 7.58. The summed E-state index contributed by atoms with van der Waals surface area (Å²) < 4.78 is 10.8. The van der Waals surface area contributed by atoms with Crippen molar-refractivity contribution in [1.82, 2.24) is 4.98 Å². The van der Waals surface area contributed by atoms with Gasteiger partial charge in [0, 0.05) is 36.9 Å². The van der Waals surface area contributed by atoms with Gasteiger partial charge >= 0.3 is 11.9 Å². The Hall–Kier alpha value is -3.08. The van der Waals surface area contributed by atoms with E-state index in [1.54, 1.807) is 13.8 Å². The van der Waals surface area contributed by atoms with Crippen LogP contribution in [0.3, 0.4) is 0 Å². The number of carbonyl (C=O) groups is 2. The highest BCUT2D eigenvalue weighted by molar-refractivity contribution is 5.99. The van der Waals surface area contributed by atoms with Crippen molar-refractivity contribution in [2.45, 2.75) is 38.9 Å². The Morgan fingerprint density at radius 1 is 1.00 bits per heavy atom. The van der Waals surface area contributed by atoms with Crippen molar-refractivity contribution in [3.8, 4) is 0 Å². The number of ether oxygens (including phenoxy) is 2. The maximum absolute atomic E-state index is 12.9. The number of aromatic nitrogens is 1. The maximum atomic E-state index is 12.9. The first kappa shape index (κ1) is 18.3. The lowest BCUT2D eigenvalue weighted by Crippen LogP contribution is -2.48. The molecule has 5 nitrogen and oxygen atoms in total. The number of para-hydroxylation sites is 1. The van der Waals surface area contributed by atoms with Gasteiger partial charge in [-0.15, -0.1) is 0 Å². The van der Waals surface area contributed by atoms with E-state index < -0.39 is 29.6 Å². The lowest BCUT2D eigenvalue weighted by molar-refractivity contribution is -0.240. The minimum absolute atomic E-state index is 0.502. The topological polar surface area (TPSA) is 68.4 Å². The molecule has 28 heavy (non-hydrogen) atoms. The summed E-state index contributed by atoms with van der Waals surface area (Å²) in [6.45, 7) is 5.22. The number of hydrogen-bond donors (Lipinski definition) is 1. The first-order valence-corrected chi connectivity index (χ1v) is 9.50. The normalized spacial score (nSPS) is 18.0. The summed E-state index contributed by atoms with van der Waals surface area (Å²) in [5.74, 6) is -3.92. The monoisotopic (exact) mass is 377 g/mol. The van der Waals surface area contributed by atoms with E-state index in [0.717, 1.165) is 28.5 Å². The molecule has 1 aliphatic heterocycles. The molecule has 1 fully saturated rings. The van der Waals surface area contributed by atoms with Crippen molar-refractivity contribution in [3.05, 3.63) is 71.4 Å². The number of fused-ring (bicyclic) bond motifs is 1. The zero-order valence-corrected chi connectivity index (χ0v) is 16.2.